The van der Waals surface area contributed by atoms with Crippen LogP contribution < -0.4 is 5.32 Å². The second-order valence-electron chi connectivity index (χ2n) is 4.14. The monoisotopic (exact) mass is 225 g/mol. The summed E-state index contributed by atoms with van der Waals surface area (Å²) in [5, 5.41) is 13.3. The molecule has 2 nitrogen and oxygen atoms in total. The lowest BCUT2D eigenvalue weighted by atomic mass is 9.91. The average Bonchev–Trinajstić information content (AvgIpc) is 2.30. The largest absolute Gasteiger partial charge is 0.396 e. The Balaban J connectivity index is 1.98. The second kappa shape index (κ2) is 4.97. The number of rotatable bonds is 2. The first kappa shape index (κ1) is 10.9. The number of nitrogens with one attached hydrogen (secondary N) is 1. The van der Waals surface area contributed by atoms with Crippen LogP contribution in [0.3, 0.4) is 0 Å². The van der Waals surface area contributed by atoms with Crippen molar-refractivity contribution < 1.29 is 5.11 Å². The Labute approximate surface area is 95.3 Å². The molecular weight excluding hydrogens is 210 g/mol. The minimum absolute atomic E-state index is 0.292. The third kappa shape index (κ3) is 2.71. The van der Waals surface area contributed by atoms with Crippen molar-refractivity contribution in [3.63, 3.8) is 0 Å². The van der Waals surface area contributed by atoms with Crippen LogP contribution in [0.2, 0.25) is 5.02 Å². The minimum Gasteiger partial charge on any atom is -0.396 e. The zero-order valence-corrected chi connectivity index (χ0v) is 9.37. The van der Waals surface area contributed by atoms with Gasteiger partial charge in [0.05, 0.1) is 0 Å². The van der Waals surface area contributed by atoms with E-state index in [1.54, 1.807) is 0 Å². The van der Waals surface area contributed by atoms with Crippen LogP contribution >= 0.6 is 11.6 Å². The van der Waals surface area contributed by atoms with Gasteiger partial charge in [0.15, 0.2) is 0 Å². The zero-order chi connectivity index (χ0) is 10.7. The lowest BCUT2D eigenvalue weighted by molar-refractivity contribution is 0.184. The van der Waals surface area contributed by atoms with E-state index in [1.807, 2.05) is 12.1 Å². The van der Waals surface area contributed by atoms with Gasteiger partial charge in [0.25, 0.3) is 0 Å². The first-order valence-corrected chi connectivity index (χ1v) is 5.77. The van der Waals surface area contributed by atoms with Gasteiger partial charge in [-0.2, -0.15) is 0 Å². The van der Waals surface area contributed by atoms with E-state index in [4.69, 9.17) is 16.7 Å². The number of halogens is 1. The molecule has 0 saturated carbocycles. The summed E-state index contributed by atoms with van der Waals surface area (Å²) in [5.74, 6) is 0.425. The van der Waals surface area contributed by atoms with Crippen molar-refractivity contribution >= 4 is 11.6 Å². The van der Waals surface area contributed by atoms with Gasteiger partial charge in [0.1, 0.15) is 0 Å². The maximum atomic E-state index is 9.03. The standard InChI is InChI=1S/C12H16ClNO/c13-11-4-2-10(3-5-11)12-6-1-9(8-15)7-14-12/h2-5,9,12,14-15H,1,6-8H2. The molecule has 2 atom stereocenters. The lowest BCUT2D eigenvalue weighted by Crippen LogP contribution is -2.34. The Morgan fingerprint density at radius 1 is 1.27 bits per heavy atom. The van der Waals surface area contributed by atoms with Crippen molar-refractivity contribution in [1.29, 1.82) is 0 Å². The molecule has 1 aliphatic heterocycles. The Hall–Kier alpha value is -0.570. The topological polar surface area (TPSA) is 32.3 Å². The molecule has 1 heterocycles. The van der Waals surface area contributed by atoms with E-state index in [0.717, 1.165) is 24.4 Å². The molecule has 0 spiro atoms. The molecule has 1 aromatic rings. The van der Waals surface area contributed by atoms with Crippen molar-refractivity contribution in [3.05, 3.63) is 34.9 Å². The van der Waals surface area contributed by atoms with E-state index in [0.29, 0.717) is 18.6 Å². The molecular formula is C12H16ClNO. The fraction of sp³-hybridized carbons (Fsp3) is 0.500. The third-order valence-corrected chi connectivity index (χ3v) is 3.30. The average molecular weight is 226 g/mol. The number of piperidine rings is 1. The molecule has 15 heavy (non-hydrogen) atoms. The Bertz CT molecular complexity index is 304. The van der Waals surface area contributed by atoms with Gasteiger partial charge in [0, 0.05) is 24.2 Å². The molecule has 2 unspecified atom stereocenters. The van der Waals surface area contributed by atoms with Gasteiger partial charge in [-0.3, -0.25) is 0 Å². The predicted molar refractivity (Wildman–Crippen MR) is 62.0 cm³/mol. The minimum atomic E-state index is 0.292. The quantitative estimate of drug-likeness (QED) is 0.810. The highest BCUT2D eigenvalue weighted by Crippen LogP contribution is 2.26. The smallest absolute Gasteiger partial charge is 0.0471 e. The number of aliphatic hydroxyl groups excluding tert-OH is 1. The van der Waals surface area contributed by atoms with Crippen molar-refractivity contribution in [3.8, 4) is 0 Å². The molecule has 1 fully saturated rings. The Morgan fingerprint density at radius 2 is 2.00 bits per heavy atom. The molecule has 1 aliphatic rings. The first-order valence-electron chi connectivity index (χ1n) is 5.39. The van der Waals surface area contributed by atoms with E-state index >= 15 is 0 Å². The summed E-state index contributed by atoms with van der Waals surface area (Å²) in [7, 11) is 0. The summed E-state index contributed by atoms with van der Waals surface area (Å²) in [6.45, 7) is 1.20. The highest BCUT2D eigenvalue weighted by Gasteiger charge is 2.20. The molecule has 1 aromatic carbocycles. The van der Waals surface area contributed by atoms with E-state index in [1.165, 1.54) is 5.56 Å². The summed E-state index contributed by atoms with van der Waals surface area (Å²) >= 11 is 5.84. The van der Waals surface area contributed by atoms with E-state index in [9.17, 15) is 0 Å². The fourth-order valence-electron chi connectivity index (χ4n) is 2.05. The van der Waals surface area contributed by atoms with Crippen molar-refractivity contribution in [2.24, 2.45) is 5.92 Å². The summed E-state index contributed by atoms with van der Waals surface area (Å²) < 4.78 is 0. The number of aliphatic hydroxyl groups is 1. The zero-order valence-electron chi connectivity index (χ0n) is 8.62. The first-order chi connectivity index (χ1) is 7.29. The fourth-order valence-corrected chi connectivity index (χ4v) is 2.18. The Kier molecular flexibility index (Phi) is 3.62. The van der Waals surface area contributed by atoms with Crippen molar-refractivity contribution in [1.82, 2.24) is 5.32 Å². The molecule has 0 radical (unpaired) electrons. The van der Waals surface area contributed by atoms with Crippen LogP contribution in [0.25, 0.3) is 0 Å². The van der Waals surface area contributed by atoms with Crippen molar-refractivity contribution in [2.45, 2.75) is 18.9 Å². The maximum Gasteiger partial charge on any atom is 0.0471 e. The van der Waals surface area contributed by atoms with Gasteiger partial charge >= 0.3 is 0 Å². The summed E-state index contributed by atoms with van der Waals surface area (Å²) in [5.41, 5.74) is 1.29. The number of benzene rings is 1. The molecule has 82 valence electrons. The number of hydrogen-bond donors (Lipinski definition) is 2. The van der Waals surface area contributed by atoms with Crippen molar-refractivity contribution in [2.75, 3.05) is 13.2 Å². The van der Waals surface area contributed by atoms with Crippen LogP contribution in [0.1, 0.15) is 24.4 Å². The van der Waals surface area contributed by atoms with E-state index < -0.39 is 0 Å². The summed E-state index contributed by atoms with van der Waals surface area (Å²) in [4.78, 5) is 0. The summed E-state index contributed by atoms with van der Waals surface area (Å²) in [6, 6.07) is 8.41. The molecule has 2 rings (SSSR count). The molecule has 0 aliphatic carbocycles. The van der Waals surface area contributed by atoms with Gasteiger partial charge in [-0.15, -0.1) is 0 Å². The van der Waals surface area contributed by atoms with Gasteiger partial charge in [-0.05, 0) is 36.5 Å². The van der Waals surface area contributed by atoms with Crippen LogP contribution in [0, 0.1) is 5.92 Å². The van der Waals surface area contributed by atoms with Gasteiger partial charge in [-0.1, -0.05) is 23.7 Å². The van der Waals surface area contributed by atoms with E-state index in [2.05, 4.69) is 17.4 Å². The number of hydrogen-bond acceptors (Lipinski definition) is 2. The lowest BCUT2D eigenvalue weighted by Gasteiger charge is -2.29. The summed E-state index contributed by atoms with van der Waals surface area (Å²) in [6.07, 6.45) is 2.18. The highest BCUT2D eigenvalue weighted by molar-refractivity contribution is 6.30. The van der Waals surface area contributed by atoms with Crippen LogP contribution in [-0.4, -0.2) is 18.3 Å². The highest BCUT2D eigenvalue weighted by atomic mass is 35.5. The van der Waals surface area contributed by atoms with Crippen LogP contribution in [0.4, 0.5) is 0 Å². The normalized spacial score (nSPS) is 26.5. The van der Waals surface area contributed by atoms with E-state index in [-0.39, 0.29) is 0 Å². The Morgan fingerprint density at radius 3 is 2.53 bits per heavy atom. The van der Waals surface area contributed by atoms with Gasteiger partial charge < -0.3 is 10.4 Å². The molecule has 2 N–H and O–H groups in total. The second-order valence-corrected chi connectivity index (χ2v) is 4.57. The van der Waals surface area contributed by atoms with Crippen LogP contribution in [-0.2, 0) is 0 Å². The molecule has 0 amide bonds. The molecule has 0 aromatic heterocycles. The molecule has 3 heteroatoms. The maximum absolute atomic E-state index is 9.03. The SMILES string of the molecule is OCC1CCC(c2ccc(Cl)cc2)NC1. The molecule has 1 saturated heterocycles. The predicted octanol–water partition coefficient (Wildman–Crippen LogP) is 2.37. The van der Waals surface area contributed by atoms with Gasteiger partial charge in [0.2, 0.25) is 0 Å². The van der Waals surface area contributed by atoms with Crippen LogP contribution in [0.5, 0.6) is 0 Å². The van der Waals surface area contributed by atoms with Gasteiger partial charge in [-0.25, -0.2) is 0 Å². The molecule has 0 bridgehead atoms. The third-order valence-electron chi connectivity index (χ3n) is 3.05. The van der Waals surface area contributed by atoms with Crippen LogP contribution in [0.15, 0.2) is 24.3 Å².